The Morgan fingerprint density at radius 3 is 2.66 bits per heavy atom. The van der Waals surface area contributed by atoms with Crippen molar-refractivity contribution < 1.29 is 14.1 Å². The van der Waals surface area contributed by atoms with Gasteiger partial charge in [-0.05, 0) is 55.0 Å². The van der Waals surface area contributed by atoms with Crippen molar-refractivity contribution in [2.45, 2.75) is 32.2 Å². The third kappa shape index (κ3) is 4.93. The average molecular weight is 486 g/mol. The summed E-state index contributed by atoms with van der Waals surface area (Å²) >= 11 is 1.55. The van der Waals surface area contributed by atoms with Crippen LogP contribution in [-0.4, -0.2) is 17.0 Å². The van der Waals surface area contributed by atoms with Gasteiger partial charge in [0.05, 0.1) is 22.3 Å². The molecule has 2 aromatic carbocycles. The van der Waals surface area contributed by atoms with E-state index in [4.69, 9.17) is 4.42 Å². The van der Waals surface area contributed by atoms with E-state index in [0.717, 1.165) is 36.8 Å². The predicted molar refractivity (Wildman–Crippen MR) is 137 cm³/mol. The van der Waals surface area contributed by atoms with Crippen LogP contribution in [0.5, 0.6) is 0 Å². The second-order valence-corrected chi connectivity index (χ2v) is 9.38. The number of fused-ring (bicyclic) bond motifs is 1. The maximum atomic E-state index is 13.2. The van der Waals surface area contributed by atoms with Crippen molar-refractivity contribution >= 4 is 34.1 Å². The zero-order valence-corrected chi connectivity index (χ0v) is 19.7. The predicted octanol–water partition coefficient (Wildman–Crippen LogP) is 6.48. The molecule has 0 saturated carbocycles. The lowest BCUT2D eigenvalue weighted by molar-refractivity contribution is -0.384. The molecule has 0 saturated heterocycles. The van der Waals surface area contributed by atoms with E-state index in [1.807, 2.05) is 30.3 Å². The number of aliphatic imine (C=N–C) groups is 1. The molecule has 8 heteroatoms. The maximum Gasteiger partial charge on any atom is 0.280 e. The van der Waals surface area contributed by atoms with Crippen molar-refractivity contribution in [3.05, 3.63) is 104 Å². The van der Waals surface area contributed by atoms with E-state index in [2.05, 4.69) is 10.3 Å². The average Bonchev–Trinajstić information content (AvgIpc) is 3.51. The Morgan fingerprint density at radius 1 is 1.06 bits per heavy atom. The van der Waals surface area contributed by atoms with Crippen molar-refractivity contribution in [2.75, 3.05) is 0 Å². The number of carbonyl (C=O) groups excluding carboxylic acids is 1. The molecular weight excluding hydrogens is 462 g/mol. The minimum Gasteiger partial charge on any atom is -0.455 e. The second kappa shape index (κ2) is 10.1. The van der Waals surface area contributed by atoms with E-state index in [0.29, 0.717) is 34.2 Å². The number of amides is 1. The fraction of sp³-hybridized carbons (Fsp3) is 0.185. The van der Waals surface area contributed by atoms with Gasteiger partial charge >= 0.3 is 0 Å². The Balaban J connectivity index is 1.41. The summed E-state index contributed by atoms with van der Waals surface area (Å²) in [4.78, 5) is 30.0. The van der Waals surface area contributed by atoms with Gasteiger partial charge in [0.15, 0.2) is 0 Å². The molecule has 0 aliphatic heterocycles. The topological polar surface area (TPSA) is 97.7 Å². The molecule has 35 heavy (non-hydrogen) atoms. The van der Waals surface area contributed by atoms with Crippen LogP contribution in [0.15, 0.2) is 76.1 Å². The number of benzene rings is 2. The molecule has 0 radical (unpaired) electrons. The van der Waals surface area contributed by atoms with E-state index >= 15 is 0 Å². The molecule has 0 bridgehead atoms. The number of hydrogen-bond acceptors (Lipinski definition) is 6. The van der Waals surface area contributed by atoms with Gasteiger partial charge in [-0.25, -0.2) is 4.99 Å². The standard InChI is InChI=1S/C27H23N3O4S/c31-26(28-16-18-8-2-1-3-9-18)25-21-11-5-7-13-24(21)35-27(25)29-17-19-14-15-23(34-19)20-10-4-6-12-22(20)30(32)33/h1-4,6,8-10,12,14-15,17H,5,7,11,13,16H2,(H,28,31). The van der Waals surface area contributed by atoms with E-state index in [1.54, 1.807) is 47.9 Å². The van der Waals surface area contributed by atoms with Crippen molar-refractivity contribution in [2.24, 2.45) is 4.99 Å². The van der Waals surface area contributed by atoms with Crippen LogP contribution < -0.4 is 5.32 Å². The Hall–Kier alpha value is -4.04. The molecule has 2 heterocycles. The Kier molecular flexibility index (Phi) is 6.54. The van der Waals surface area contributed by atoms with Crippen molar-refractivity contribution in [3.63, 3.8) is 0 Å². The summed E-state index contributed by atoms with van der Waals surface area (Å²) in [6.07, 6.45) is 5.57. The number of para-hydroxylation sites is 1. The van der Waals surface area contributed by atoms with E-state index in [-0.39, 0.29) is 11.6 Å². The summed E-state index contributed by atoms with van der Waals surface area (Å²) < 4.78 is 5.84. The van der Waals surface area contributed by atoms with Crippen LogP contribution >= 0.6 is 11.3 Å². The van der Waals surface area contributed by atoms with Gasteiger partial charge in [0, 0.05) is 17.5 Å². The monoisotopic (exact) mass is 485 g/mol. The molecule has 4 aromatic rings. The van der Waals surface area contributed by atoms with Crippen LogP contribution in [0.4, 0.5) is 10.7 Å². The molecule has 1 N–H and O–H groups in total. The largest absolute Gasteiger partial charge is 0.455 e. The van der Waals surface area contributed by atoms with Gasteiger partial charge in [0.1, 0.15) is 16.5 Å². The van der Waals surface area contributed by atoms with Gasteiger partial charge in [0.2, 0.25) is 0 Å². The number of thiophene rings is 1. The highest BCUT2D eigenvalue weighted by Crippen LogP contribution is 2.40. The third-order valence-electron chi connectivity index (χ3n) is 5.98. The Morgan fingerprint density at radius 2 is 1.83 bits per heavy atom. The quantitative estimate of drug-likeness (QED) is 0.184. The normalized spacial score (nSPS) is 13.0. The summed E-state index contributed by atoms with van der Waals surface area (Å²) in [5.41, 5.74) is 3.16. The highest BCUT2D eigenvalue weighted by Gasteiger charge is 2.25. The lowest BCUT2D eigenvalue weighted by Crippen LogP contribution is -2.24. The van der Waals surface area contributed by atoms with Gasteiger partial charge in [-0.3, -0.25) is 14.9 Å². The number of nitro groups is 1. The van der Waals surface area contributed by atoms with Gasteiger partial charge in [-0.2, -0.15) is 0 Å². The number of aryl methyl sites for hydroxylation is 1. The Labute approximate surface area is 206 Å². The van der Waals surface area contributed by atoms with Gasteiger partial charge in [0.25, 0.3) is 11.6 Å². The molecule has 1 aliphatic carbocycles. The number of hydrogen-bond donors (Lipinski definition) is 1. The van der Waals surface area contributed by atoms with Crippen molar-refractivity contribution in [1.29, 1.82) is 0 Å². The number of furan rings is 1. The van der Waals surface area contributed by atoms with E-state index in [1.165, 1.54) is 10.9 Å². The molecule has 1 aliphatic rings. The van der Waals surface area contributed by atoms with Gasteiger partial charge in [-0.15, -0.1) is 11.3 Å². The zero-order chi connectivity index (χ0) is 24.2. The van der Waals surface area contributed by atoms with Gasteiger partial charge in [-0.1, -0.05) is 42.5 Å². The zero-order valence-electron chi connectivity index (χ0n) is 18.9. The molecule has 0 atom stereocenters. The highest BCUT2D eigenvalue weighted by molar-refractivity contribution is 7.16. The number of rotatable bonds is 7. The molecule has 0 spiro atoms. The van der Waals surface area contributed by atoms with E-state index in [9.17, 15) is 14.9 Å². The lowest BCUT2D eigenvalue weighted by Gasteiger charge is -2.12. The minimum atomic E-state index is -0.428. The second-order valence-electron chi connectivity index (χ2n) is 8.29. The van der Waals surface area contributed by atoms with Crippen LogP contribution in [-0.2, 0) is 19.4 Å². The first-order valence-electron chi connectivity index (χ1n) is 11.4. The molecule has 0 unspecified atom stereocenters. The first-order valence-corrected chi connectivity index (χ1v) is 12.3. The number of carbonyl (C=O) groups is 1. The first-order chi connectivity index (χ1) is 17.1. The van der Waals surface area contributed by atoms with Crippen molar-refractivity contribution in [3.8, 4) is 11.3 Å². The number of nitrogens with one attached hydrogen (secondary N) is 1. The number of nitro benzene ring substituents is 1. The van der Waals surface area contributed by atoms with Gasteiger partial charge < -0.3 is 9.73 Å². The molecule has 5 rings (SSSR count). The molecule has 0 fully saturated rings. The molecule has 7 nitrogen and oxygen atoms in total. The van der Waals surface area contributed by atoms with Crippen LogP contribution in [0.1, 0.15) is 45.0 Å². The molecule has 2 aromatic heterocycles. The first kappa shape index (κ1) is 22.7. The van der Waals surface area contributed by atoms with E-state index < -0.39 is 4.92 Å². The van der Waals surface area contributed by atoms with Crippen LogP contribution in [0.3, 0.4) is 0 Å². The van der Waals surface area contributed by atoms with Crippen LogP contribution in [0.2, 0.25) is 0 Å². The molecule has 176 valence electrons. The third-order valence-corrected chi connectivity index (χ3v) is 7.18. The lowest BCUT2D eigenvalue weighted by atomic mass is 9.95. The fourth-order valence-electron chi connectivity index (χ4n) is 4.27. The Bertz CT molecular complexity index is 1410. The SMILES string of the molecule is O=C(NCc1ccccc1)c1c(N=Cc2ccc(-c3ccccc3[N+](=O)[O-])o2)sc2c1CCCC2. The van der Waals surface area contributed by atoms with Crippen molar-refractivity contribution in [1.82, 2.24) is 5.32 Å². The smallest absolute Gasteiger partial charge is 0.280 e. The molecule has 1 amide bonds. The maximum absolute atomic E-state index is 13.2. The molecular formula is C27H23N3O4S. The number of nitrogens with zero attached hydrogens (tertiary/aromatic N) is 2. The fourth-order valence-corrected chi connectivity index (χ4v) is 5.50. The summed E-state index contributed by atoms with van der Waals surface area (Å²) in [5.74, 6) is 0.727. The summed E-state index contributed by atoms with van der Waals surface area (Å²) in [5, 5.41) is 15.1. The van der Waals surface area contributed by atoms with Crippen LogP contribution in [0, 0.1) is 10.1 Å². The summed E-state index contributed by atoms with van der Waals surface area (Å²) in [7, 11) is 0. The highest BCUT2D eigenvalue weighted by atomic mass is 32.1. The minimum absolute atomic E-state index is 0.0198. The van der Waals surface area contributed by atoms with Crippen LogP contribution in [0.25, 0.3) is 11.3 Å². The summed E-state index contributed by atoms with van der Waals surface area (Å²) in [6, 6.07) is 19.7. The summed E-state index contributed by atoms with van der Waals surface area (Å²) in [6.45, 7) is 0.449.